The van der Waals surface area contributed by atoms with Gasteiger partial charge in [0.1, 0.15) is 0 Å². The van der Waals surface area contributed by atoms with Gasteiger partial charge in [0.25, 0.3) is 11.8 Å². The van der Waals surface area contributed by atoms with Gasteiger partial charge in [0.2, 0.25) is 11.9 Å². The number of anilines is 4. The number of aromatic nitrogens is 3. The SMILES string of the molecule is Cc1c(NC(=O)c2ccc(C(C)(C)C)cc2)cccc1-c1nc(N)nc(Nc2ccc(C(=O)N3CCOC(CO)C3)cc2)n1. The van der Waals surface area contributed by atoms with Gasteiger partial charge >= 0.3 is 0 Å². The number of ether oxygens (including phenoxy) is 1. The molecule has 0 saturated carbocycles. The Balaban J connectivity index is 1.30. The summed E-state index contributed by atoms with van der Waals surface area (Å²) < 4.78 is 5.44. The second-order valence-electron chi connectivity index (χ2n) is 11.7. The Morgan fingerprint density at radius 1 is 1.00 bits per heavy atom. The normalized spacial score (nSPS) is 15.1. The van der Waals surface area contributed by atoms with Crippen molar-refractivity contribution in [3.05, 3.63) is 89.0 Å². The maximum absolute atomic E-state index is 13.0. The van der Waals surface area contributed by atoms with Crippen LogP contribution >= 0.6 is 0 Å². The number of amides is 2. The minimum atomic E-state index is -0.372. The lowest BCUT2D eigenvalue weighted by molar-refractivity contribution is -0.0447. The van der Waals surface area contributed by atoms with E-state index in [1.165, 1.54) is 0 Å². The molecule has 0 aliphatic carbocycles. The molecular weight excluding hydrogens is 558 g/mol. The molecule has 1 aliphatic rings. The Hall–Kier alpha value is -4.87. The number of carbonyl (C=O) groups is 2. The van der Waals surface area contributed by atoms with E-state index in [2.05, 4.69) is 46.4 Å². The second-order valence-corrected chi connectivity index (χ2v) is 11.7. The molecule has 1 fully saturated rings. The summed E-state index contributed by atoms with van der Waals surface area (Å²) >= 11 is 0. The molecule has 228 valence electrons. The predicted octanol–water partition coefficient (Wildman–Crippen LogP) is 4.56. The first-order valence-electron chi connectivity index (χ1n) is 14.4. The van der Waals surface area contributed by atoms with E-state index in [-0.39, 0.29) is 41.8 Å². The molecule has 0 radical (unpaired) electrons. The van der Waals surface area contributed by atoms with Gasteiger partial charge in [0, 0.05) is 41.2 Å². The molecule has 44 heavy (non-hydrogen) atoms. The van der Waals surface area contributed by atoms with E-state index in [9.17, 15) is 14.7 Å². The van der Waals surface area contributed by atoms with Gasteiger partial charge < -0.3 is 31.1 Å². The first kappa shape index (κ1) is 30.6. The largest absolute Gasteiger partial charge is 0.394 e. The van der Waals surface area contributed by atoms with Crippen LogP contribution in [0, 0.1) is 6.92 Å². The van der Waals surface area contributed by atoms with Crippen LogP contribution in [0.15, 0.2) is 66.7 Å². The summed E-state index contributed by atoms with van der Waals surface area (Å²) in [4.78, 5) is 40.8. The zero-order valence-electron chi connectivity index (χ0n) is 25.3. The van der Waals surface area contributed by atoms with Crippen molar-refractivity contribution in [3.63, 3.8) is 0 Å². The van der Waals surface area contributed by atoms with Crippen molar-refractivity contribution in [1.82, 2.24) is 19.9 Å². The number of nitrogens with two attached hydrogens (primary N) is 1. The topological polar surface area (TPSA) is 156 Å². The highest BCUT2D eigenvalue weighted by Gasteiger charge is 2.24. The summed E-state index contributed by atoms with van der Waals surface area (Å²) in [6.07, 6.45) is -0.372. The average Bonchev–Trinajstić information content (AvgIpc) is 3.01. The number of aliphatic hydroxyl groups is 1. The van der Waals surface area contributed by atoms with E-state index in [0.717, 1.165) is 11.1 Å². The number of nitrogen functional groups attached to an aromatic ring is 1. The van der Waals surface area contributed by atoms with E-state index < -0.39 is 0 Å². The van der Waals surface area contributed by atoms with Gasteiger partial charge in [-0.05, 0) is 65.9 Å². The van der Waals surface area contributed by atoms with Crippen LogP contribution in [0.25, 0.3) is 11.4 Å². The number of morpholine rings is 1. The molecule has 2 heterocycles. The number of carbonyl (C=O) groups excluding carboxylic acids is 2. The van der Waals surface area contributed by atoms with Gasteiger partial charge in [-0.25, -0.2) is 0 Å². The molecule has 0 spiro atoms. The van der Waals surface area contributed by atoms with E-state index in [4.69, 9.17) is 10.5 Å². The second kappa shape index (κ2) is 12.8. The summed E-state index contributed by atoms with van der Waals surface area (Å²) in [5, 5.41) is 15.5. The van der Waals surface area contributed by atoms with Crippen molar-refractivity contribution in [3.8, 4) is 11.4 Å². The molecule has 2 amide bonds. The fourth-order valence-corrected chi connectivity index (χ4v) is 4.92. The van der Waals surface area contributed by atoms with Crippen molar-refractivity contribution in [2.24, 2.45) is 0 Å². The van der Waals surface area contributed by atoms with Gasteiger partial charge in [0.15, 0.2) is 5.82 Å². The summed E-state index contributed by atoms with van der Waals surface area (Å²) in [5.41, 5.74) is 11.0. The van der Waals surface area contributed by atoms with Crippen molar-refractivity contribution in [2.45, 2.75) is 39.2 Å². The van der Waals surface area contributed by atoms with Gasteiger partial charge in [0.05, 0.1) is 19.3 Å². The molecule has 1 aromatic heterocycles. The number of hydrogen-bond donors (Lipinski definition) is 4. The molecule has 5 N–H and O–H groups in total. The van der Waals surface area contributed by atoms with Crippen LogP contribution in [-0.4, -0.2) is 69.2 Å². The van der Waals surface area contributed by atoms with E-state index in [1.54, 1.807) is 29.2 Å². The summed E-state index contributed by atoms with van der Waals surface area (Å²) in [5.74, 6) is 0.267. The van der Waals surface area contributed by atoms with Crippen LogP contribution in [-0.2, 0) is 10.2 Å². The Morgan fingerprint density at radius 3 is 2.39 bits per heavy atom. The highest BCUT2D eigenvalue weighted by molar-refractivity contribution is 6.05. The number of nitrogens with zero attached hydrogens (tertiary/aromatic N) is 4. The minimum absolute atomic E-state index is 0.00286. The van der Waals surface area contributed by atoms with Crippen molar-refractivity contribution >= 4 is 35.1 Å². The number of nitrogens with one attached hydrogen (secondary N) is 2. The Morgan fingerprint density at radius 2 is 1.70 bits per heavy atom. The summed E-state index contributed by atoms with van der Waals surface area (Å²) in [6.45, 7) is 9.35. The molecule has 1 unspecified atom stereocenters. The third-order valence-corrected chi connectivity index (χ3v) is 7.51. The molecule has 3 aromatic carbocycles. The number of aliphatic hydroxyl groups excluding tert-OH is 1. The monoisotopic (exact) mass is 595 g/mol. The molecule has 1 atom stereocenters. The maximum atomic E-state index is 13.0. The summed E-state index contributed by atoms with van der Waals surface area (Å²) in [6, 6.07) is 20.1. The van der Waals surface area contributed by atoms with Gasteiger partial charge in [-0.3, -0.25) is 9.59 Å². The number of rotatable bonds is 7. The van der Waals surface area contributed by atoms with Crippen LogP contribution in [0.5, 0.6) is 0 Å². The third-order valence-electron chi connectivity index (χ3n) is 7.51. The van der Waals surface area contributed by atoms with Gasteiger partial charge in [-0.2, -0.15) is 15.0 Å². The minimum Gasteiger partial charge on any atom is -0.394 e. The first-order valence-corrected chi connectivity index (χ1v) is 14.4. The first-order chi connectivity index (χ1) is 21.0. The standard InChI is InChI=1S/C33H37N7O4/c1-20-26(6-5-7-27(20)36-29(42)21-8-12-23(13-9-21)33(2,3)4)28-37-31(34)39-32(38-28)35-24-14-10-22(11-15-24)30(43)40-16-17-44-25(18-40)19-41/h5-15,25,41H,16-19H2,1-4H3,(H,36,42)(H3,34,35,37,38,39). The van der Waals surface area contributed by atoms with Crippen LogP contribution in [0.3, 0.4) is 0 Å². The molecule has 4 aromatic rings. The average molecular weight is 596 g/mol. The zero-order valence-corrected chi connectivity index (χ0v) is 25.3. The highest BCUT2D eigenvalue weighted by Crippen LogP contribution is 2.29. The summed E-state index contributed by atoms with van der Waals surface area (Å²) in [7, 11) is 0. The van der Waals surface area contributed by atoms with Crippen LogP contribution in [0.2, 0.25) is 0 Å². The van der Waals surface area contributed by atoms with Gasteiger partial charge in [-0.1, -0.05) is 45.0 Å². The van der Waals surface area contributed by atoms with E-state index in [0.29, 0.717) is 53.6 Å². The smallest absolute Gasteiger partial charge is 0.255 e. The maximum Gasteiger partial charge on any atom is 0.255 e. The molecule has 1 saturated heterocycles. The van der Waals surface area contributed by atoms with Crippen molar-refractivity contribution in [2.75, 3.05) is 42.7 Å². The molecule has 5 rings (SSSR count). The van der Waals surface area contributed by atoms with Crippen molar-refractivity contribution < 1.29 is 19.4 Å². The number of hydrogen-bond acceptors (Lipinski definition) is 9. The van der Waals surface area contributed by atoms with Gasteiger partial charge in [-0.15, -0.1) is 0 Å². The number of benzene rings is 3. The molecule has 0 bridgehead atoms. The fourth-order valence-electron chi connectivity index (χ4n) is 4.92. The molecule has 1 aliphatic heterocycles. The van der Waals surface area contributed by atoms with Crippen LogP contribution in [0.4, 0.5) is 23.3 Å². The van der Waals surface area contributed by atoms with E-state index >= 15 is 0 Å². The van der Waals surface area contributed by atoms with E-state index in [1.807, 2.05) is 49.4 Å². The quantitative estimate of drug-likeness (QED) is 0.241. The molecule has 11 nitrogen and oxygen atoms in total. The lowest BCUT2D eigenvalue weighted by Gasteiger charge is -2.32. The highest BCUT2D eigenvalue weighted by atomic mass is 16.5. The third kappa shape index (κ3) is 7.01. The van der Waals surface area contributed by atoms with Crippen molar-refractivity contribution in [1.29, 1.82) is 0 Å². The molecular formula is C33H37N7O4. The Kier molecular flexibility index (Phi) is 8.88. The zero-order chi connectivity index (χ0) is 31.4. The van der Waals surface area contributed by atoms with Crippen LogP contribution < -0.4 is 16.4 Å². The Labute approximate surface area is 256 Å². The lowest BCUT2D eigenvalue weighted by atomic mass is 9.86. The fraction of sp³-hybridized carbons (Fsp3) is 0.303. The van der Waals surface area contributed by atoms with Crippen LogP contribution in [0.1, 0.15) is 52.6 Å². The predicted molar refractivity (Wildman–Crippen MR) is 170 cm³/mol. The Bertz CT molecular complexity index is 1650. The molecule has 11 heteroatoms. The lowest BCUT2D eigenvalue weighted by Crippen LogP contribution is -2.46.